The second kappa shape index (κ2) is 3.27. The number of aryl methyl sites for hydroxylation is 1. The Morgan fingerprint density at radius 1 is 1.82 bits per heavy atom. The number of rotatable bonds is 2. The van der Waals surface area contributed by atoms with Crippen LogP contribution in [0, 0.1) is 0 Å². The van der Waals surface area contributed by atoms with Crippen molar-refractivity contribution in [3.05, 3.63) is 22.7 Å². The van der Waals surface area contributed by atoms with Gasteiger partial charge in [-0.25, -0.2) is 0 Å². The Bertz CT molecular complexity index is 322. The Hall–Kier alpha value is -1.19. The molecule has 0 saturated carbocycles. The van der Waals surface area contributed by atoms with E-state index in [-0.39, 0.29) is 5.69 Å². The van der Waals surface area contributed by atoms with Crippen LogP contribution >= 0.6 is 0 Å². The van der Waals surface area contributed by atoms with Crippen LogP contribution in [0.5, 0.6) is 0 Å². The summed E-state index contributed by atoms with van der Waals surface area (Å²) in [6.07, 6.45) is 1.64. The normalized spacial score (nSPS) is 8.73. The zero-order valence-electron chi connectivity index (χ0n) is 6.24. The van der Waals surface area contributed by atoms with Gasteiger partial charge in [-0.2, -0.15) is 0 Å². The molecule has 0 unspecified atom stereocenters. The third kappa shape index (κ3) is 1.86. The minimum absolute atomic E-state index is 0.281. The molecule has 0 atom stereocenters. The van der Waals surface area contributed by atoms with Crippen LogP contribution in [-0.4, -0.2) is 23.9 Å². The van der Waals surface area contributed by atoms with Crippen LogP contribution in [-0.2, 0) is 7.05 Å². The van der Waals surface area contributed by atoms with E-state index < -0.39 is 0 Å². The molecule has 0 radical (unpaired) electrons. The zero-order valence-corrected chi connectivity index (χ0v) is 6.24. The van der Waals surface area contributed by atoms with Gasteiger partial charge in [0.25, 0.3) is 0 Å². The van der Waals surface area contributed by atoms with E-state index in [1.165, 1.54) is 11.5 Å². The number of nitrogens with one attached hydrogen (secondary N) is 1. The average Bonchev–Trinajstić information content (AvgIpc) is 1.98. The topological polar surface area (TPSA) is 46.9 Å². The Morgan fingerprint density at radius 3 is 3.09 bits per heavy atom. The first-order chi connectivity index (χ1) is 5.24. The van der Waals surface area contributed by atoms with Gasteiger partial charge in [0.15, 0.2) is 0 Å². The summed E-state index contributed by atoms with van der Waals surface area (Å²) < 4.78 is 1.40. The van der Waals surface area contributed by atoms with Gasteiger partial charge < -0.3 is 0 Å². The fourth-order valence-corrected chi connectivity index (χ4v) is 0.650. The van der Waals surface area contributed by atoms with Crippen molar-refractivity contribution in [1.82, 2.24) is 9.55 Å². The summed E-state index contributed by atoms with van der Waals surface area (Å²) in [5.41, 5.74) is -0.281. The SMILES string of the molecule is B=BNc1ccn(C)c(=O)n1. The Morgan fingerprint density at radius 2 is 2.55 bits per heavy atom. The van der Waals surface area contributed by atoms with E-state index in [0.717, 1.165) is 0 Å². The van der Waals surface area contributed by atoms with Gasteiger partial charge >= 0.3 is 64.7 Å². The van der Waals surface area contributed by atoms with Gasteiger partial charge in [-0.3, -0.25) is 0 Å². The van der Waals surface area contributed by atoms with E-state index in [4.69, 9.17) is 0 Å². The third-order valence-corrected chi connectivity index (χ3v) is 1.22. The van der Waals surface area contributed by atoms with E-state index in [2.05, 4.69) is 17.6 Å². The van der Waals surface area contributed by atoms with Crippen molar-refractivity contribution < 1.29 is 0 Å². The molecule has 54 valence electrons. The number of nitrogens with zero attached hydrogens (tertiary/aromatic N) is 2. The Balaban J connectivity index is 3.05. The molecule has 1 aromatic rings. The third-order valence-electron chi connectivity index (χ3n) is 1.22. The molecule has 0 spiro atoms. The van der Waals surface area contributed by atoms with Gasteiger partial charge in [0.1, 0.15) is 0 Å². The first-order valence-electron chi connectivity index (χ1n) is 3.15. The van der Waals surface area contributed by atoms with Gasteiger partial charge in [-0.05, 0) is 0 Å². The van der Waals surface area contributed by atoms with Crippen molar-refractivity contribution in [2.24, 2.45) is 7.05 Å². The van der Waals surface area contributed by atoms with Gasteiger partial charge in [-0.1, -0.05) is 0 Å². The van der Waals surface area contributed by atoms with Crippen molar-refractivity contribution >= 4 is 20.1 Å². The number of aromatic nitrogens is 2. The number of anilines is 1. The molecule has 11 heavy (non-hydrogen) atoms. The van der Waals surface area contributed by atoms with E-state index in [1.807, 2.05) is 0 Å². The molecule has 0 aromatic carbocycles. The molecule has 0 amide bonds. The quantitative estimate of drug-likeness (QED) is 0.524. The van der Waals surface area contributed by atoms with Crippen molar-refractivity contribution in [2.45, 2.75) is 0 Å². The summed E-state index contributed by atoms with van der Waals surface area (Å²) in [7, 11) is 5.09. The predicted molar refractivity (Wildman–Crippen MR) is 46.0 cm³/mol. The van der Waals surface area contributed by atoms with Gasteiger partial charge in [0.05, 0.1) is 0 Å². The maximum atomic E-state index is 10.9. The minimum atomic E-state index is -0.281. The second-order valence-corrected chi connectivity index (χ2v) is 2.05. The van der Waals surface area contributed by atoms with E-state index in [9.17, 15) is 4.79 Å². The van der Waals surface area contributed by atoms with Crippen molar-refractivity contribution in [1.29, 1.82) is 0 Å². The zero-order chi connectivity index (χ0) is 8.27. The molecule has 1 aromatic heterocycles. The van der Waals surface area contributed by atoms with Crippen LogP contribution in [0.1, 0.15) is 0 Å². The van der Waals surface area contributed by atoms with Crippen LogP contribution < -0.4 is 10.9 Å². The van der Waals surface area contributed by atoms with Crippen LogP contribution in [0.25, 0.3) is 0 Å². The molecule has 0 aliphatic heterocycles. The molecule has 0 saturated heterocycles. The van der Waals surface area contributed by atoms with Crippen LogP contribution in [0.15, 0.2) is 17.1 Å². The first-order valence-corrected chi connectivity index (χ1v) is 3.15. The summed E-state index contributed by atoms with van der Waals surface area (Å²) in [6, 6.07) is 1.70. The molecule has 6 heteroatoms. The summed E-state index contributed by atoms with van der Waals surface area (Å²) >= 11 is 0. The fraction of sp³-hybridized carbons (Fsp3) is 0.200. The molecular formula is C5H7B2N3O. The van der Waals surface area contributed by atoms with Crippen molar-refractivity contribution in [2.75, 3.05) is 5.23 Å². The molecule has 0 bridgehead atoms. The molecule has 0 aliphatic rings. The van der Waals surface area contributed by atoms with E-state index in [1.54, 1.807) is 19.3 Å². The van der Waals surface area contributed by atoms with E-state index in [0.29, 0.717) is 5.82 Å². The summed E-state index contributed by atoms with van der Waals surface area (Å²) in [5, 5.41) is 2.72. The predicted octanol–water partition coefficient (Wildman–Crippen LogP) is -1.37. The average molecular weight is 147 g/mol. The molecular weight excluding hydrogens is 140 g/mol. The van der Waals surface area contributed by atoms with Crippen LogP contribution in [0.3, 0.4) is 0 Å². The standard InChI is InChI=1S/C5H7B2N3O/c1-10-3-2-4(9-7-6)8-5(10)11/h2-3,6H,1H3,(H,8,9,11). The van der Waals surface area contributed by atoms with E-state index >= 15 is 0 Å². The number of hydrogen-bond acceptors (Lipinski definition) is 3. The fourth-order valence-electron chi connectivity index (χ4n) is 0.650. The molecule has 1 N–H and O–H groups in total. The molecule has 0 fully saturated rings. The van der Waals surface area contributed by atoms with Crippen LogP contribution in [0.2, 0.25) is 0 Å². The summed E-state index contributed by atoms with van der Waals surface area (Å²) in [5.74, 6) is 0.517. The number of hydrogen-bond donors (Lipinski definition) is 1. The summed E-state index contributed by atoms with van der Waals surface area (Å²) in [6.45, 7) is 1.47. The van der Waals surface area contributed by atoms with Gasteiger partial charge in [0.2, 0.25) is 0 Å². The Kier molecular flexibility index (Phi) is 2.36. The second-order valence-electron chi connectivity index (χ2n) is 2.05. The maximum absolute atomic E-state index is 10.9. The first kappa shape index (κ1) is 7.91. The Labute approximate surface area is 65.6 Å². The van der Waals surface area contributed by atoms with Crippen molar-refractivity contribution in [3.63, 3.8) is 0 Å². The van der Waals surface area contributed by atoms with Gasteiger partial charge in [0, 0.05) is 0 Å². The molecule has 4 nitrogen and oxygen atoms in total. The van der Waals surface area contributed by atoms with Gasteiger partial charge in [-0.15, -0.1) is 0 Å². The molecule has 1 rings (SSSR count). The molecule has 1 heterocycles. The van der Waals surface area contributed by atoms with Crippen molar-refractivity contribution in [3.8, 4) is 0 Å². The van der Waals surface area contributed by atoms with Crippen LogP contribution in [0.4, 0.5) is 5.82 Å². The molecule has 0 aliphatic carbocycles. The monoisotopic (exact) mass is 147 g/mol. The summed E-state index contributed by atoms with van der Waals surface area (Å²) in [4.78, 5) is 14.6.